The molecule has 94 valence electrons. The quantitative estimate of drug-likeness (QED) is 0.702. The summed E-state index contributed by atoms with van der Waals surface area (Å²) in [5, 5.41) is 13.2. The van der Waals surface area contributed by atoms with Crippen molar-refractivity contribution in [1.29, 1.82) is 0 Å². The summed E-state index contributed by atoms with van der Waals surface area (Å²) >= 11 is 5.80. The van der Waals surface area contributed by atoms with E-state index in [2.05, 4.69) is 15.3 Å². The highest BCUT2D eigenvalue weighted by Crippen LogP contribution is 2.26. The summed E-state index contributed by atoms with van der Waals surface area (Å²) < 4.78 is 0. The van der Waals surface area contributed by atoms with E-state index in [-0.39, 0.29) is 17.4 Å². The standard InChI is InChI=1S/C11H17ClN4O/c1-6-9(13)10(16-11(12)14-6)15-7-4-2-3-5-8(7)17/h7-8,17H,2-5,13H2,1H3,(H,14,15,16). The minimum absolute atomic E-state index is 0.00332. The van der Waals surface area contributed by atoms with Gasteiger partial charge in [0, 0.05) is 0 Å². The second-order valence-corrected chi connectivity index (χ2v) is 4.78. The predicted octanol–water partition coefficient (Wildman–Crippen LogP) is 1.74. The second kappa shape index (κ2) is 5.06. The van der Waals surface area contributed by atoms with Crippen LogP contribution < -0.4 is 11.1 Å². The van der Waals surface area contributed by atoms with Gasteiger partial charge in [0.15, 0.2) is 5.82 Å². The Morgan fingerprint density at radius 3 is 2.76 bits per heavy atom. The van der Waals surface area contributed by atoms with Crippen LogP contribution in [0.3, 0.4) is 0 Å². The molecule has 1 fully saturated rings. The van der Waals surface area contributed by atoms with Crippen LogP contribution in [0.25, 0.3) is 0 Å². The van der Waals surface area contributed by atoms with Gasteiger partial charge in [-0.1, -0.05) is 12.8 Å². The van der Waals surface area contributed by atoms with E-state index in [1.165, 1.54) is 0 Å². The van der Waals surface area contributed by atoms with Gasteiger partial charge in [-0.3, -0.25) is 0 Å². The van der Waals surface area contributed by atoms with Gasteiger partial charge in [0.25, 0.3) is 0 Å². The first-order chi connectivity index (χ1) is 8.08. The van der Waals surface area contributed by atoms with Crippen molar-refractivity contribution in [3.8, 4) is 0 Å². The van der Waals surface area contributed by atoms with Gasteiger partial charge in [0.05, 0.1) is 23.5 Å². The summed E-state index contributed by atoms with van der Waals surface area (Å²) in [5.74, 6) is 0.522. The van der Waals surface area contributed by atoms with Gasteiger partial charge in [-0.25, -0.2) is 4.98 Å². The molecule has 0 radical (unpaired) electrons. The van der Waals surface area contributed by atoms with Gasteiger partial charge in [-0.05, 0) is 31.4 Å². The van der Waals surface area contributed by atoms with Gasteiger partial charge >= 0.3 is 0 Å². The van der Waals surface area contributed by atoms with Crippen molar-refractivity contribution in [3.05, 3.63) is 11.0 Å². The zero-order valence-corrected chi connectivity index (χ0v) is 10.5. The maximum Gasteiger partial charge on any atom is 0.224 e. The van der Waals surface area contributed by atoms with Gasteiger partial charge in [-0.15, -0.1) is 0 Å². The average molecular weight is 257 g/mol. The van der Waals surface area contributed by atoms with Crippen LogP contribution >= 0.6 is 11.6 Å². The van der Waals surface area contributed by atoms with Crippen LogP contribution in [-0.4, -0.2) is 27.2 Å². The number of hydrogen-bond donors (Lipinski definition) is 3. The van der Waals surface area contributed by atoms with E-state index >= 15 is 0 Å². The molecule has 1 saturated carbocycles. The molecule has 1 aromatic heterocycles. The third-order valence-electron chi connectivity index (χ3n) is 3.16. The largest absolute Gasteiger partial charge is 0.394 e. The Kier molecular flexibility index (Phi) is 3.69. The van der Waals surface area contributed by atoms with Crippen molar-refractivity contribution in [2.45, 2.75) is 44.8 Å². The fourth-order valence-corrected chi connectivity index (χ4v) is 2.32. The number of hydrogen-bond acceptors (Lipinski definition) is 5. The zero-order chi connectivity index (χ0) is 12.4. The molecule has 5 nitrogen and oxygen atoms in total. The molecule has 0 amide bonds. The lowest BCUT2D eigenvalue weighted by molar-refractivity contribution is 0.116. The van der Waals surface area contributed by atoms with Crippen LogP contribution in [0.1, 0.15) is 31.4 Å². The van der Waals surface area contributed by atoms with E-state index < -0.39 is 0 Å². The van der Waals surface area contributed by atoms with E-state index in [1.54, 1.807) is 6.92 Å². The Labute approximate surface area is 105 Å². The Morgan fingerprint density at radius 1 is 1.35 bits per heavy atom. The van der Waals surface area contributed by atoms with Gasteiger partial charge in [-0.2, -0.15) is 4.98 Å². The number of nitrogens with zero attached hydrogens (tertiary/aromatic N) is 2. The summed E-state index contributed by atoms with van der Waals surface area (Å²) in [4.78, 5) is 8.04. The Hall–Kier alpha value is -1.07. The molecule has 0 aliphatic heterocycles. The first-order valence-electron chi connectivity index (χ1n) is 5.82. The van der Waals surface area contributed by atoms with Crippen LogP contribution in [-0.2, 0) is 0 Å². The van der Waals surface area contributed by atoms with Crippen LogP contribution in [0, 0.1) is 6.92 Å². The van der Waals surface area contributed by atoms with Crippen molar-refractivity contribution in [2.75, 3.05) is 11.1 Å². The van der Waals surface area contributed by atoms with Crippen LogP contribution in [0.2, 0.25) is 5.28 Å². The first-order valence-corrected chi connectivity index (χ1v) is 6.20. The Bertz CT molecular complexity index is 413. The normalized spacial score (nSPS) is 24.6. The lowest BCUT2D eigenvalue weighted by atomic mass is 9.92. The van der Waals surface area contributed by atoms with Gasteiger partial charge in [0.1, 0.15) is 0 Å². The van der Waals surface area contributed by atoms with Crippen molar-refractivity contribution >= 4 is 23.1 Å². The number of aliphatic hydroxyl groups is 1. The molecule has 0 spiro atoms. The highest BCUT2D eigenvalue weighted by atomic mass is 35.5. The summed E-state index contributed by atoms with van der Waals surface area (Å²) in [6.45, 7) is 1.78. The monoisotopic (exact) mass is 256 g/mol. The Morgan fingerprint density at radius 2 is 2.06 bits per heavy atom. The first kappa shape index (κ1) is 12.4. The van der Waals surface area contributed by atoms with Crippen molar-refractivity contribution in [2.24, 2.45) is 0 Å². The molecule has 17 heavy (non-hydrogen) atoms. The Balaban J connectivity index is 2.17. The van der Waals surface area contributed by atoms with Crippen molar-refractivity contribution < 1.29 is 5.11 Å². The second-order valence-electron chi connectivity index (χ2n) is 4.44. The molecule has 2 rings (SSSR count). The summed E-state index contributed by atoms with van der Waals surface area (Å²) in [6, 6.07) is -0.00332. The smallest absolute Gasteiger partial charge is 0.224 e. The number of nitrogens with one attached hydrogen (secondary N) is 1. The fraction of sp³-hybridized carbons (Fsp3) is 0.636. The molecule has 0 bridgehead atoms. The number of aliphatic hydroxyl groups excluding tert-OH is 1. The highest BCUT2D eigenvalue weighted by molar-refractivity contribution is 6.28. The molecule has 1 heterocycles. The lowest BCUT2D eigenvalue weighted by Gasteiger charge is -2.29. The van der Waals surface area contributed by atoms with E-state index in [1.807, 2.05) is 0 Å². The van der Waals surface area contributed by atoms with E-state index in [9.17, 15) is 5.11 Å². The third kappa shape index (κ3) is 2.79. The number of halogens is 1. The minimum Gasteiger partial charge on any atom is -0.394 e. The summed E-state index contributed by atoms with van der Waals surface area (Å²) in [5.41, 5.74) is 7.03. The van der Waals surface area contributed by atoms with Gasteiger partial charge < -0.3 is 16.2 Å². The van der Waals surface area contributed by atoms with Crippen LogP contribution in [0.15, 0.2) is 0 Å². The number of nitrogen functional groups attached to an aromatic ring is 1. The topological polar surface area (TPSA) is 84.1 Å². The molecule has 1 aromatic rings. The average Bonchev–Trinajstić information content (AvgIpc) is 2.28. The SMILES string of the molecule is Cc1nc(Cl)nc(NC2CCCCC2O)c1N. The summed E-state index contributed by atoms with van der Waals surface area (Å²) in [7, 11) is 0. The molecule has 2 unspecified atom stereocenters. The van der Waals surface area contributed by atoms with Gasteiger partial charge in [0.2, 0.25) is 5.28 Å². The third-order valence-corrected chi connectivity index (χ3v) is 3.33. The molecular formula is C11H17ClN4O. The number of nitrogens with two attached hydrogens (primary N) is 1. The predicted molar refractivity (Wildman–Crippen MR) is 68.1 cm³/mol. The highest BCUT2D eigenvalue weighted by Gasteiger charge is 2.24. The van der Waals surface area contributed by atoms with Crippen molar-refractivity contribution in [1.82, 2.24) is 9.97 Å². The molecule has 1 aliphatic rings. The molecule has 2 atom stereocenters. The van der Waals surface area contributed by atoms with E-state index in [0.29, 0.717) is 17.2 Å². The van der Waals surface area contributed by atoms with E-state index in [0.717, 1.165) is 25.7 Å². The van der Waals surface area contributed by atoms with Crippen molar-refractivity contribution in [3.63, 3.8) is 0 Å². The maximum atomic E-state index is 9.88. The lowest BCUT2D eigenvalue weighted by Crippen LogP contribution is -2.36. The number of aromatic nitrogens is 2. The van der Waals surface area contributed by atoms with Crippen LogP contribution in [0.5, 0.6) is 0 Å². The minimum atomic E-state index is -0.350. The molecule has 6 heteroatoms. The molecule has 0 saturated heterocycles. The summed E-state index contributed by atoms with van der Waals surface area (Å²) in [6.07, 6.45) is 3.55. The molecule has 0 aromatic carbocycles. The van der Waals surface area contributed by atoms with E-state index in [4.69, 9.17) is 17.3 Å². The van der Waals surface area contributed by atoms with Crippen LogP contribution in [0.4, 0.5) is 11.5 Å². The molecular weight excluding hydrogens is 240 g/mol. The number of aryl methyl sites for hydroxylation is 1. The molecule has 1 aliphatic carbocycles. The maximum absolute atomic E-state index is 9.88. The fourth-order valence-electron chi connectivity index (χ4n) is 2.11. The number of rotatable bonds is 2. The zero-order valence-electron chi connectivity index (χ0n) is 9.78. The number of anilines is 2. The molecule has 4 N–H and O–H groups in total.